The van der Waals surface area contributed by atoms with Gasteiger partial charge in [-0.25, -0.2) is 0 Å². The highest BCUT2D eigenvalue weighted by atomic mass is 16.5. The van der Waals surface area contributed by atoms with Crippen LogP contribution in [0, 0.1) is 12.8 Å². The number of rotatable bonds is 2. The van der Waals surface area contributed by atoms with Gasteiger partial charge < -0.3 is 9.84 Å². The van der Waals surface area contributed by atoms with Crippen molar-refractivity contribution >= 4 is 0 Å². The molecule has 0 radical (unpaired) electrons. The first-order valence-electron chi connectivity index (χ1n) is 5.46. The maximum absolute atomic E-state index is 10.1. The first kappa shape index (κ1) is 10.6. The van der Waals surface area contributed by atoms with Crippen LogP contribution >= 0.6 is 0 Å². The minimum Gasteiger partial charge on any atom is -0.386 e. The highest BCUT2D eigenvalue weighted by Crippen LogP contribution is 2.27. The van der Waals surface area contributed by atoms with Gasteiger partial charge in [0.2, 0.25) is 0 Å². The van der Waals surface area contributed by atoms with Gasteiger partial charge in [0.25, 0.3) is 0 Å². The molecule has 1 N–H and O–H groups in total. The Morgan fingerprint density at radius 2 is 2.40 bits per heavy atom. The molecule has 0 saturated carbocycles. The maximum Gasteiger partial charge on any atom is 0.101 e. The van der Waals surface area contributed by atoms with Crippen molar-refractivity contribution in [1.82, 2.24) is 4.98 Å². The maximum atomic E-state index is 10.1. The second-order valence-electron chi connectivity index (χ2n) is 4.18. The number of pyridine rings is 1. The lowest BCUT2D eigenvalue weighted by Gasteiger charge is -2.26. The zero-order valence-electron chi connectivity index (χ0n) is 9.02. The molecular weight excluding hydrogens is 190 g/mol. The molecule has 1 aromatic rings. The van der Waals surface area contributed by atoms with Gasteiger partial charge in [-0.1, -0.05) is 6.07 Å². The van der Waals surface area contributed by atoms with E-state index in [9.17, 15) is 5.11 Å². The molecule has 2 atom stereocenters. The Balaban J connectivity index is 2.05. The predicted molar refractivity (Wildman–Crippen MR) is 57.5 cm³/mol. The molecule has 1 saturated heterocycles. The minimum atomic E-state index is -0.481. The first-order chi connectivity index (χ1) is 7.27. The van der Waals surface area contributed by atoms with E-state index in [2.05, 4.69) is 4.98 Å². The van der Waals surface area contributed by atoms with E-state index in [4.69, 9.17) is 4.74 Å². The predicted octanol–water partition coefficient (Wildman–Crippen LogP) is 1.85. The molecule has 3 heteroatoms. The van der Waals surface area contributed by atoms with Crippen LogP contribution in [0.25, 0.3) is 0 Å². The van der Waals surface area contributed by atoms with Gasteiger partial charge in [0.15, 0.2) is 0 Å². The van der Waals surface area contributed by atoms with Gasteiger partial charge >= 0.3 is 0 Å². The molecule has 1 aromatic heterocycles. The highest BCUT2D eigenvalue weighted by Gasteiger charge is 2.24. The topological polar surface area (TPSA) is 42.4 Å². The zero-order chi connectivity index (χ0) is 10.7. The molecule has 1 aliphatic rings. The number of hydrogen-bond acceptors (Lipinski definition) is 3. The van der Waals surface area contributed by atoms with Crippen LogP contribution in [0.5, 0.6) is 0 Å². The minimum absolute atomic E-state index is 0.203. The SMILES string of the molecule is Cc1ccc(C(O)C2CCCOC2)nc1. The van der Waals surface area contributed by atoms with Crippen molar-refractivity contribution in [3.05, 3.63) is 29.6 Å². The molecule has 0 bridgehead atoms. The number of aryl methyl sites for hydroxylation is 1. The number of aliphatic hydroxyl groups excluding tert-OH is 1. The third kappa shape index (κ3) is 2.55. The monoisotopic (exact) mass is 207 g/mol. The number of nitrogens with zero attached hydrogens (tertiary/aromatic N) is 1. The third-order valence-corrected chi connectivity index (χ3v) is 2.88. The van der Waals surface area contributed by atoms with Crippen LogP contribution in [-0.4, -0.2) is 23.3 Å². The van der Waals surface area contributed by atoms with Crippen molar-refractivity contribution < 1.29 is 9.84 Å². The molecule has 15 heavy (non-hydrogen) atoms. The molecule has 82 valence electrons. The fourth-order valence-electron chi connectivity index (χ4n) is 1.91. The highest BCUT2D eigenvalue weighted by molar-refractivity contribution is 5.14. The van der Waals surface area contributed by atoms with Crippen LogP contribution in [0.2, 0.25) is 0 Å². The van der Waals surface area contributed by atoms with Crippen LogP contribution in [-0.2, 0) is 4.74 Å². The van der Waals surface area contributed by atoms with E-state index in [1.54, 1.807) is 6.20 Å². The summed E-state index contributed by atoms with van der Waals surface area (Å²) in [5.41, 5.74) is 1.88. The number of ether oxygens (including phenoxy) is 1. The van der Waals surface area contributed by atoms with Gasteiger partial charge in [0, 0.05) is 18.7 Å². The van der Waals surface area contributed by atoms with Crippen molar-refractivity contribution in [2.45, 2.75) is 25.9 Å². The summed E-state index contributed by atoms with van der Waals surface area (Å²) in [5, 5.41) is 10.1. The Bertz CT molecular complexity index is 304. The van der Waals surface area contributed by atoms with Crippen LogP contribution in [0.15, 0.2) is 18.3 Å². The first-order valence-corrected chi connectivity index (χ1v) is 5.46. The van der Waals surface area contributed by atoms with E-state index in [1.807, 2.05) is 19.1 Å². The summed E-state index contributed by atoms with van der Waals surface area (Å²) in [5.74, 6) is 0.203. The quantitative estimate of drug-likeness (QED) is 0.804. The molecular formula is C12H17NO2. The van der Waals surface area contributed by atoms with Gasteiger partial charge in [-0.3, -0.25) is 4.98 Å². The average molecular weight is 207 g/mol. The Kier molecular flexibility index (Phi) is 3.34. The molecule has 1 aliphatic heterocycles. The molecule has 1 fully saturated rings. The molecule has 2 heterocycles. The van der Waals surface area contributed by atoms with Gasteiger partial charge in [-0.15, -0.1) is 0 Å². The molecule has 2 rings (SSSR count). The van der Waals surface area contributed by atoms with Crippen LogP contribution in [0.4, 0.5) is 0 Å². The average Bonchev–Trinajstić information content (AvgIpc) is 2.30. The lowest BCUT2D eigenvalue weighted by atomic mass is 9.93. The molecule has 0 spiro atoms. The third-order valence-electron chi connectivity index (χ3n) is 2.88. The van der Waals surface area contributed by atoms with Crippen molar-refractivity contribution in [2.75, 3.05) is 13.2 Å². The van der Waals surface area contributed by atoms with Crippen molar-refractivity contribution in [3.63, 3.8) is 0 Å². The summed E-state index contributed by atoms with van der Waals surface area (Å²) in [6.45, 7) is 3.47. The normalized spacial score (nSPS) is 23.7. The summed E-state index contributed by atoms with van der Waals surface area (Å²) in [4.78, 5) is 4.25. The Hall–Kier alpha value is -0.930. The van der Waals surface area contributed by atoms with Crippen LogP contribution in [0.3, 0.4) is 0 Å². The second kappa shape index (κ2) is 4.73. The van der Waals surface area contributed by atoms with Gasteiger partial charge in [0.05, 0.1) is 12.3 Å². The Morgan fingerprint density at radius 3 is 3.00 bits per heavy atom. The summed E-state index contributed by atoms with van der Waals surface area (Å²) in [7, 11) is 0. The van der Waals surface area contributed by atoms with Crippen molar-refractivity contribution in [3.8, 4) is 0 Å². The van der Waals surface area contributed by atoms with Gasteiger partial charge in [-0.05, 0) is 31.4 Å². The fraction of sp³-hybridized carbons (Fsp3) is 0.583. The van der Waals surface area contributed by atoms with E-state index >= 15 is 0 Å². The zero-order valence-corrected chi connectivity index (χ0v) is 9.02. The van der Waals surface area contributed by atoms with Crippen molar-refractivity contribution in [1.29, 1.82) is 0 Å². The van der Waals surface area contributed by atoms with Crippen molar-refractivity contribution in [2.24, 2.45) is 5.92 Å². The van der Waals surface area contributed by atoms with E-state index in [-0.39, 0.29) is 5.92 Å². The van der Waals surface area contributed by atoms with Gasteiger partial charge in [-0.2, -0.15) is 0 Å². The lowest BCUT2D eigenvalue weighted by molar-refractivity contribution is -0.0115. The Morgan fingerprint density at radius 1 is 1.53 bits per heavy atom. The largest absolute Gasteiger partial charge is 0.386 e. The Labute approximate surface area is 90.1 Å². The second-order valence-corrected chi connectivity index (χ2v) is 4.18. The molecule has 0 aliphatic carbocycles. The molecule has 0 aromatic carbocycles. The number of aliphatic hydroxyl groups is 1. The fourth-order valence-corrected chi connectivity index (χ4v) is 1.91. The molecule has 2 unspecified atom stereocenters. The van der Waals surface area contributed by atoms with Crippen LogP contribution in [0.1, 0.15) is 30.2 Å². The summed E-state index contributed by atoms with van der Waals surface area (Å²) >= 11 is 0. The van der Waals surface area contributed by atoms with E-state index in [0.717, 1.165) is 30.7 Å². The summed E-state index contributed by atoms with van der Waals surface area (Å²) < 4.78 is 5.36. The van der Waals surface area contributed by atoms with Gasteiger partial charge in [0.1, 0.15) is 6.10 Å². The molecule has 0 amide bonds. The lowest BCUT2D eigenvalue weighted by Crippen LogP contribution is -2.24. The number of aromatic nitrogens is 1. The van der Waals surface area contributed by atoms with E-state index < -0.39 is 6.10 Å². The van der Waals surface area contributed by atoms with Crippen LogP contribution < -0.4 is 0 Å². The number of hydrogen-bond donors (Lipinski definition) is 1. The smallest absolute Gasteiger partial charge is 0.101 e. The molecule has 3 nitrogen and oxygen atoms in total. The summed E-state index contributed by atoms with van der Waals surface area (Å²) in [6, 6.07) is 3.88. The van der Waals surface area contributed by atoms with E-state index in [1.165, 1.54) is 0 Å². The standard InChI is InChI=1S/C12H17NO2/c1-9-4-5-11(13-7-9)12(14)10-3-2-6-15-8-10/h4-5,7,10,12,14H,2-3,6,8H2,1H3. The van der Waals surface area contributed by atoms with E-state index in [0.29, 0.717) is 6.61 Å². The summed E-state index contributed by atoms with van der Waals surface area (Å²) in [6.07, 6.45) is 3.37.